The van der Waals surface area contributed by atoms with Gasteiger partial charge in [-0.1, -0.05) is 13.0 Å². The SMILES string of the molecule is CCNC(C)c1ccc(N(C)Cc2cscn2)c(Br)c1. The summed E-state index contributed by atoms with van der Waals surface area (Å²) >= 11 is 5.32. The maximum atomic E-state index is 4.33. The van der Waals surface area contributed by atoms with Gasteiger partial charge in [0.05, 0.1) is 23.4 Å². The third-order valence-corrected chi connectivity index (χ3v) is 4.55. The molecule has 0 aliphatic carbocycles. The van der Waals surface area contributed by atoms with Crippen molar-refractivity contribution in [1.82, 2.24) is 10.3 Å². The first kappa shape index (κ1) is 15.5. The molecule has 1 unspecified atom stereocenters. The van der Waals surface area contributed by atoms with Crippen LogP contribution in [0.2, 0.25) is 0 Å². The number of hydrogen-bond acceptors (Lipinski definition) is 4. The van der Waals surface area contributed by atoms with Gasteiger partial charge in [-0.15, -0.1) is 11.3 Å². The zero-order valence-corrected chi connectivity index (χ0v) is 14.5. The van der Waals surface area contributed by atoms with E-state index in [4.69, 9.17) is 0 Å². The Labute approximate surface area is 133 Å². The lowest BCUT2D eigenvalue weighted by molar-refractivity contribution is 0.598. The number of anilines is 1. The minimum atomic E-state index is 0.370. The molecule has 0 saturated carbocycles. The van der Waals surface area contributed by atoms with Crippen molar-refractivity contribution in [3.05, 3.63) is 44.8 Å². The highest BCUT2D eigenvalue weighted by molar-refractivity contribution is 9.10. The van der Waals surface area contributed by atoms with Gasteiger partial charge in [0.2, 0.25) is 0 Å². The normalized spacial score (nSPS) is 12.4. The molecule has 0 spiro atoms. The smallest absolute Gasteiger partial charge is 0.0795 e. The van der Waals surface area contributed by atoms with Gasteiger partial charge in [0.1, 0.15) is 0 Å². The maximum Gasteiger partial charge on any atom is 0.0795 e. The van der Waals surface area contributed by atoms with Crippen LogP contribution in [0.15, 0.2) is 33.6 Å². The Morgan fingerprint density at radius 2 is 2.25 bits per heavy atom. The molecule has 1 heterocycles. The molecule has 1 N–H and O–H groups in total. The standard InChI is InChI=1S/C15H20BrN3S/c1-4-17-11(2)12-5-6-15(14(16)7-12)19(3)8-13-9-20-10-18-13/h5-7,9-11,17H,4,8H2,1-3H3. The van der Waals surface area contributed by atoms with E-state index >= 15 is 0 Å². The fourth-order valence-corrected chi connectivity index (χ4v) is 3.42. The van der Waals surface area contributed by atoms with Crippen LogP contribution in [-0.2, 0) is 6.54 Å². The summed E-state index contributed by atoms with van der Waals surface area (Å²) < 4.78 is 1.12. The highest BCUT2D eigenvalue weighted by Crippen LogP contribution is 2.29. The van der Waals surface area contributed by atoms with Crippen LogP contribution >= 0.6 is 27.3 Å². The van der Waals surface area contributed by atoms with Crippen LogP contribution in [0.1, 0.15) is 31.1 Å². The van der Waals surface area contributed by atoms with Gasteiger partial charge in [-0.3, -0.25) is 0 Å². The summed E-state index contributed by atoms with van der Waals surface area (Å²) in [5, 5.41) is 5.52. The van der Waals surface area contributed by atoms with Gasteiger partial charge in [-0.2, -0.15) is 0 Å². The minimum absolute atomic E-state index is 0.370. The Morgan fingerprint density at radius 3 is 2.85 bits per heavy atom. The van der Waals surface area contributed by atoms with Crippen LogP contribution in [0.5, 0.6) is 0 Å². The van der Waals surface area contributed by atoms with Gasteiger partial charge >= 0.3 is 0 Å². The Balaban J connectivity index is 2.12. The molecule has 0 bridgehead atoms. The van der Waals surface area contributed by atoms with E-state index in [-0.39, 0.29) is 0 Å². The van der Waals surface area contributed by atoms with E-state index in [2.05, 4.69) is 75.6 Å². The van der Waals surface area contributed by atoms with Crippen LogP contribution in [0.4, 0.5) is 5.69 Å². The van der Waals surface area contributed by atoms with Gasteiger partial charge in [-0.25, -0.2) is 4.98 Å². The summed E-state index contributed by atoms with van der Waals surface area (Å²) in [6.07, 6.45) is 0. The largest absolute Gasteiger partial charge is 0.368 e. The number of nitrogens with zero attached hydrogens (tertiary/aromatic N) is 2. The van der Waals surface area contributed by atoms with Crippen molar-refractivity contribution in [2.45, 2.75) is 26.4 Å². The van der Waals surface area contributed by atoms with Crippen LogP contribution in [0, 0.1) is 0 Å². The molecule has 0 fully saturated rings. The lowest BCUT2D eigenvalue weighted by atomic mass is 10.1. The summed E-state index contributed by atoms with van der Waals surface area (Å²) in [4.78, 5) is 6.54. The number of thiazole rings is 1. The maximum absolute atomic E-state index is 4.33. The molecule has 1 aromatic carbocycles. The molecule has 2 aromatic rings. The van der Waals surface area contributed by atoms with E-state index in [0.717, 1.165) is 23.3 Å². The Kier molecular flexibility index (Phi) is 5.57. The van der Waals surface area contributed by atoms with E-state index in [1.54, 1.807) is 11.3 Å². The fourth-order valence-electron chi connectivity index (χ4n) is 2.17. The van der Waals surface area contributed by atoms with Crippen molar-refractivity contribution in [1.29, 1.82) is 0 Å². The second-order valence-corrected chi connectivity index (χ2v) is 6.40. The van der Waals surface area contributed by atoms with Crippen LogP contribution in [0.3, 0.4) is 0 Å². The van der Waals surface area contributed by atoms with Crippen molar-refractivity contribution < 1.29 is 0 Å². The molecule has 0 aliphatic rings. The second kappa shape index (κ2) is 7.20. The van der Waals surface area contributed by atoms with E-state index in [9.17, 15) is 0 Å². The molecule has 108 valence electrons. The summed E-state index contributed by atoms with van der Waals surface area (Å²) in [5.41, 5.74) is 5.46. The summed E-state index contributed by atoms with van der Waals surface area (Å²) in [7, 11) is 2.09. The monoisotopic (exact) mass is 353 g/mol. The van der Waals surface area contributed by atoms with E-state index in [1.807, 2.05) is 5.51 Å². The van der Waals surface area contributed by atoms with Crippen molar-refractivity contribution >= 4 is 33.0 Å². The average molecular weight is 354 g/mol. The molecular weight excluding hydrogens is 334 g/mol. The van der Waals surface area contributed by atoms with Gasteiger partial charge < -0.3 is 10.2 Å². The molecular formula is C15H20BrN3S. The van der Waals surface area contributed by atoms with Crippen LogP contribution in [-0.4, -0.2) is 18.6 Å². The molecule has 5 heteroatoms. The topological polar surface area (TPSA) is 28.2 Å². The molecule has 20 heavy (non-hydrogen) atoms. The van der Waals surface area contributed by atoms with E-state index in [0.29, 0.717) is 6.04 Å². The van der Waals surface area contributed by atoms with Crippen molar-refractivity contribution in [3.63, 3.8) is 0 Å². The van der Waals surface area contributed by atoms with Crippen molar-refractivity contribution in [2.75, 3.05) is 18.5 Å². The Morgan fingerprint density at radius 1 is 1.45 bits per heavy atom. The van der Waals surface area contributed by atoms with Gasteiger partial charge in [0, 0.05) is 22.9 Å². The summed E-state index contributed by atoms with van der Waals surface area (Å²) in [6.45, 7) is 6.11. The molecule has 0 amide bonds. The summed E-state index contributed by atoms with van der Waals surface area (Å²) in [5.74, 6) is 0. The predicted molar refractivity (Wildman–Crippen MR) is 90.5 cm³/mol. The zero-order chi connectivity index (χ0) is 14.5. The number of rotatable bonds is 6. The number of aromatic nitrogens is 1. The number of hydrogen-bond donors (Lipinski definition) is 1. The first-order valence-electron chi connectivity index (χ1n) is 6.72. The van der Waals surface area contributed by atoms with Crippen molar-refractivity contribution in [2.24, 2.45) is 0 Å². The quantitative estimate of drug-likeness (QED) is 0.842. The molecule has 0 saturated heterocycles. The molecule has 1 atom stereocenters. The lowest BCUT2D eigenvalue weighted by Gasteiger charge is -2.21. The Hall–Kier alpha value is -0.910. The van der Waals surface area contributed by atoms with Crippen LogP contribution < -0.4 is 10.2 Å². The molecule has 3 nitrogen and oxygen atoms in total. The van der Waals surface area contributed by atoms with Gasteiger partial charge in [0.15, 0.2) is 0 Å². The minimum Gasteiger partial charge on any atom is -0.368 e. The molecule has 0 aliphatic heterocycles. The Bertz CT molecular complexity index is 542. The highest BCUT2D eigenvalue weighted by atomic mass is 79.9. The lowest BCUT2D eigenvalue weighted by Crippen LogP contribution is -2.19. The summed E-state index contributed by atoms with van der Waals surface area (Å²) in [6, 6.07) is 6.92. The van der Waals surface area contributed by atoms with Gasteiger partial charge in [0.25, 0.3) is 0 Å². The number of halogens is 1. The van der Waals surface area contributed by atoms with Gasteiger partial charge in [-0.05, 0) is 47.1 Å². The highest BCUT2D eigenvalue weighted by Gasteiger charge is 2.10. The first-order chi connectivity index (χ1) is 9.61. The predicted octanol–water partition coefficient (Wildman–Crippen LogP) is 4.21. The first-order valence-corrected chi connectivity index (χ1v) is 8.46. The second-order valence-electron chi connectivity index (χ2n) is 4.83. The molecule has 2 rings (SSSR count). The fraction of sp³-hybridized carbons (Fsp3) is 0.400. The van der Waals surface area contributed by atoms with Crippen molar-refractivity contribution in [3.8, 4) is 0 Å². The zero-order valence-electron chi connectivity index (χ0n) is 12.1. The number of benzene rings is 1. The van der Waals surface area contributed by atoms with E-state index < -0.39 is 0 Å². The van der Waals surface area contributed by atoms with Crippen LogP contribution in [0.25, 0.3) is 0 Å². The van der Waals surface area contributed by atoms with E-state index in [1.165, 1.54) is 11.3 Å². The third kappa shape index (κ3) is 3.81. The average Bonchev–Trinajstić information content (AvgIpc) is 2.91. The molecule has 1 aromatic heterocycles. The third-order valence-electron chi connectivity index (χ3n) is 3.28. The number of nitrogens with one attached hydrogen (secondary N) is 1. The molecule has 0 radical (unpaired) electrons.